The fourth-order valence-corrected chi connectivity index (χ4v) is 7.84. The number of carboxylic acid groups (broad SMARTS) is 1. The highest BCUT2D eigenvalue weighted by molar-refractivity contribution is 5.74. The fourth-order valence-electron chi connectivity index (χ4n) is 7.84. The van der Waals surface area contributed by atoms with E-state index in [9.17, 15) is 34.5 Å². The monoisotopic (exact) mass is 1020 g/mol. The molecule has 0 bridgehead atoms. The van der Waals surface area contributed by atoms with E-state index in [1.807, 2.05) is 0 Å². The van der Waals surface area contributed by atoms with Crippen molar-refractivity contribution in [3.63, 3.8) is 0 Å². The van der Waals surface area contributed by atoms with E-state index in [0.717, 1.165) is 128 Å². The Kier molecular flexibility index (Phi) is 44.4. The van der Waals surface area contributed by atoms with Crippen LogP contribution < -0.4 is 0 Å². The van der Waals surface area contributed by atoms with E-state index in [1.165, 1.54) is 25.7 Å². The molecule has 0 aliphatic carbocycles. The van der Waals surface area contributed by atoms with Crippen LogP contribution in [0.15, 0.2) is 97.2 Å². The Labute approximate surface area is 441 Å². The SMILES string of the molecule is CC/C=C\C/C=C\C/C=C\C/C=C\CCCCCCC(=O)OCC(COC1OC(C(=O)O)C(O)C(O)C1OC(=O)CCCCCCC/C=C\CCCCCC)OC(=O)CCCCC/C=C\C/C=C\C/C=C\CC. The first-order valence-corrected chi connectivity index (χ1v) is 28.2. The van der Waals surface area contributed by atoms with Crippen LogP contribution in [0.1, 0.15) is 213 Å². The zero-order valence-corrected chi connectivity index (χ0v) is 45.3. The highest BCUT2D eigenvalue weighted by Crippen LogP contribution is 2.26. The standard InChI is InChI=1S/C61H98O12/c1-4-7-10-13-16-19-22-25-26-27-28-31-32-35-38-41-44-47-53(62)69-50-52(71-54(63)48-45-42-39-36-33-29-23-20-17-14-11-8-5-2)51-70-61-59(57(66)56(65)58(73-61)60(67)68)72-55(64)49-46-43-40-37-34-30-24-21-18-15-12-9-6-3/h7-8,10-11,16-17,19-21,24-26,28-29,31,33,52,56-59,61,65-66H,4-6,9,12-15,18,22-23,27,30,32,34-51H2,1-3H3,(H,67,68)/b10-7-,11-8-,19-16-,20-17-,24-21-,26-25-,31-28-,33-29-. The van der Waals surface area contributed by atoms with Gasteiger partial charge in [0.2, 0.25) is 0 Å². The third-order valence-electron chi connectivity index (χ3n) is 12.1. The van der Waals surface area contributed by atoms with E-state index in [2.05, 4.69) is 118 Å². The van der Waals surface area contributed by atoms with Crippen LogP contribution in [0.2, 0.25) is 0 Å². The summed E-state index contributed by atoms with van der Waals surface area (Å²) in [6.45, 7) is 5.68. The van der Waals surface area contributed by atoms with Crippen LogP contribution in [0.4, 0.5) is 0 Å². The first-order valence-electron chi connectivity index (χ1n) is 28.2. The molecule has 0 aromatic heterocycles. The maximum Gasteiger partial charge on any atom is 0.335 e. The van der Waals surface area contributed by atoms with Crippen LogP contribution in [0, 0.1) is 0 Å². The lowest BCUT2D eigenvalue weighted by Crippen LogP contribution is -2.61. The number of carbonyl (C=O) groups excluding carboxylic acids is 3. The summed E-state index contributed by atoms with van der Waals surface area (Å²) in [7, 11) is 0. The minimum atomic E-state index is -1.92. The third kappa shape index (κ3) is 38.8. The average molecular weight is 1020 g/mol. The number of carboxylic acids is 1. The van der Waals surface area contributed by atoms with Gasteiger partial charge in [-0.1, -0.05) is 176 Å². The van der Waals surface area contributed by atoms with Gasteiger partial charge in [0.25, 0.3) is 0 Å². The van der Waals surface area contributed by atoms with Gasteiger partial charge in [-0.3, -0.25) is 14.4 Å². The molecule has 1 heterocycles. The molecule has 0 saturated carbocycles. The van der Waals surface area contributed by atoms with Crippen molar-refractivity contribution in [3.8, 4) is 0 Å². The van der Waals surface area contributed by atoms with Crippen LogP contribution in [0.25, 0.3) is 0 Å². The van der Waals surface area contributed by atoms with Crippen molar-refractivity contribution >= 4 is 23.9 Å². The number of unbranched alkanes of at least 4 members (excludes halogenated alkanes) is 16. The largest absolute Gasteiger partial charge is 0.479 e. The molecule has 12 heteroatoms. The lowest BCUT2D eigenvalue weighted by Gasteiger charge is -2.40. The van der Waals surface area contributed by atoms with Gasteiger partial charge in [0.15, 0.2) is 24.6 Å². The quantitative estimate of drug-likeness (QED) is 0.0228. The summed E-state index contributed by atoms with van der Waals surface area (Å²) in [6, 6.07) is 0. The summed E-state index contributed by atoms with van der Waals surface area (Å²) < 4.78 is 28.3. The molecule has 1 rings (SSSR count). The number of esters is 3. The molecule has 1 fully saturated rings. The van der Waals surface area contributed by atoms with Crippen molar-refractivity contribution in [1.29, 1.82) is 0 Å². The van der Waals surface area contributed by atoms with E-state index < -0.39 is 67.3 Å². The van der Waals surface area contributed by atoms with Gasteiger partial charge in [-0.2, -0.15) is 0 Å². The van der Waals surface area contributed by atoms with Crippen molar-refractivity contribution in [1.82, 2.24) is 0 Å². The Morgan fingerprint density at radius 1 is 0.466 bits per heavy atom. The van der Waals surface area contributed by atoms with Crippen LogP contribution in [0.3, 0.4) is 0 Å². The maximum atomic E-state index is 13.1. The second-order valence-corrected chi connectivity index (χ2v) is 18.8. The van der Waals surface area contributed by atoms with Gasteiger partial charge < -0.3 is 39.0 Å². The lowest BCUT2D eigenvalue weighted by molar-refractivity contribution is -0.301. The summed E-state index contributed by atoms with van der Waals surface area (Å²) in [6.07, 6.45) is 51.0. The Balaban J connectivity index is 2.75. The topological polar surface area (TPSA) is 175 Å². The van der Waals surface area contributed by atoms with E-state index in [4.69, 9.17) is 23.7 Å². The van der Waals surface area contributed by atoms with E-state index in [-0.39, 0.29) is 25.9 Å². The first-order chi connectivity index (χ1) is 35.6. The molecule has 12 nitrogen and oxygen atoms in total. The van der Waals surface area contributed by atoms with E-state index in [1.54, 1.807) is 0 Å². The molecule has 1 aliphatic heterocycles. The summed E-state index contributed by atoms with van der Waals surface area (Å²) in [4.78, 5) is 51.0. The molecule has 414 valence electrons. The molecule has 6 unspecified atom stereocenters. The van der Waals surface area contributed by atoms with Crippen molar-refractivity contribution in [3.05, 3.63) is 97.2 Å². The summed E-state index contributed by atoms with van der Waals surface area (Å²) in [5.74, 6) is -3.21. The van der Waals surface area contributed by atoms with Gasteiger partial charge >= 0.3 is 23.9 Å². The molecule has 6 atom stereocenters. The van der Waals surface area contributed by atoms with Gasteiger partial charge in [-0.05, 0) is 116 Å². The fraction of sp³-hybridized carbons (Fsp3) is 0.672. The first kappa shape index (κ1) is 66.7. The number of allylic oxidation sites excluding steroid dienone is 16. The molecule has 0 spiro atoms. The predicted molar refractivity (Wildman–Crippen MR) is 294 cm³/mol. The van der Waals surface area contributed by atoms with Crippen molar-refractivity contribution in [2.45, 2.75) is 250 Å². The number of carbonyl (C=O) groups is 4. The Hall–Kier alpha value is -4.36. The van der Waals surface area contributed by atoms with Gasteiger partial charge in [0.1, 0.15) is 18.8 Å². The highest BCUT2D eigenvalue weighted by Gasteiger charge is 2.50. The minimum Gasteiger partial charge on any atom is -0.479 e. The molecule has 1 saturated heterocycles. The molecular weight excluding hydrogens is 925 g/mol. The number of aliphatic carboxylic acids is 1. The van der Waals surface area contributed by atoms with Gasteiger partial charge in [0, 0.05) is 19.3 Å². The third-order valence-corrected chi connectivity index (χ3v) is 12.1. The molecule has 73 heavy (non-hydrogen) atoms. The number of aliphatic hydroxyl groups is 2. The van der Waals surface area contributed by atoms with Crippen molar-refractivity contribution in [2.24, 2.45) is 0 Å². The van der Waals surface area contributed by atoms with E-state index >= 15 is 0 Å². The summed E-state index contributed by atoms with van der Waals surface area (Å²) in [5, 5.41) is 31.4. The smallest absolute Gasteiger partial charge is 0.335 e. The number of ether oxygens (including phenoxy) is 5. The number of hydrogen-bond donors (Lipinski definition) is 3. The molecule has 0 aromatic carbocycles. The second kappa shape index (κ2) is 48.6. The lowest BCUT2D eigenvalue weighted by atomic mass is 9.98. The Morgan fingerprint density at radius 3 is 1.34 bits per heavy atom. The van der Waals surface area contributed by atoms with Gasteiger partial charge in [-0.15, -0.1) is 0 Å². The molecule has 0 amide bonds. The average Bonchev–Trinajstić information content (AvgIpc) is 3.37. The molecule has 1 aliphatic rings. The predicted octanol–water partition coefficient (Wildman–Crippen LogP) is 14.1. The van der Waals surface area contributed by atoms with E-state index in [0.29, 0.717) is 19.3 Å². The van der Waals surface area contributed by atoms with Crippen LogP contribution >= 0.6 is 0 Å². The molecular formula is C61H98O12. The van der Waals surface area contributed by atoms with Crippen molar-refractivity contribution < 1.29 is 58.2 Å². The number of aliphatic hydroxyl groups excluding tert-OH is 2. The zero-order valence-electron chi connectivity index (χ0n) is 45.3. The zero-order chi connectivity index (χ0) is 53.3. The van der Waals surface area contributed by atoms with Crippen LogP contribution in [-0.2, 0) is 42.9 Å². The highest BCUT2D eigenvalue weighted by atomic mass is 16.7. The summed E-state index contributed by atoms with van der Waals surface area (Å²) >= 11 is 0. The summed E-state index contributed by atoms with van der Waals surface area (Å²) in [5.41, 5.74) is 0. The van der Waals surface area contributed by atoms with Gasteiger partial charge in [0.05, 0.1) is 6.61 Å². The Morgan fingerprint density at radius 2 is 0.863 bits per heavy atom. The maximum absolute atomic E-state index is 13.1. The van der Waals surface area contributed by atoms with Crippen LogP contribution in [0.5, 0.6) is 0 Å². The Bertz CT molecular complexity index is 1640. The van der Waals surface area contributed by atoms with Crippen molar-refractivity contribution in [2.75, 3.05) is 13.2 Å². The number of rotatable bonds is 46. The molecule has 3 N–H and O–H groups in total. The molecule has 0 aromatic rings. The minimum absolute atomic E-state index is 0.0400. The second-order valence-electron chi connectivity index (χ2n) is 18.8. The normalized spacial score (nSPS) is 19.1. The number of hydrogen-bond acceptors (Lipinski definition) is 11. The molecule has 0 radical (unpaired) electrons. The van der Waals surface area contributed by atoms with Gasteiger partial charge in [-0.25, -0.2) is 4.79 Å². The van der Waals surface area contributed by atoms with Crippen LogP contribution in [-0.4, -0.2) is 89.2 Å².